The van der Waals surface area contributed by atoms with E-state index >= 15 is 0 Å². The van der Waals surface area contributed by atoms with Crippen LogP contribution < -0.4 is 10.1 Å². The van der Waals surface area contributed by atoms with Crippen LogP contribution in [0.15, 0.2) is 58.8 Å². The second-order valence-corrected chi connectivity index (χ2v) is 9.79. The highest BCUT2D eigenvalue weighted by Gasteiger charge is 2.13. The number of rotatable bonds is 7. The fourth-order valence-corrected chi connectivity index (χ4v) is 3.93. The Morgan fingerprint density at radius 2 is 1.79 bits per heavy atom. The van der Waals surface area contributed by atoms with Gasteiger partial charge < -0.3 is 10.1 Å². The molecule has 29 heavy (non-hydrogen) atoms. The van der Waals surface area contributed by atoms with Gasteiger partial charge in [-0.15, -0.1) is 11.3 Å². The first-order chi connectivity index (χ1) is 13.7. The average Bonchev–Trinajstić information content (AvgIpc) is 3.11. The van der Waals surface area contributed by atoms with Gasteiger partial charge in [-0.3, -0.25) is 4.79 Å². The van der Waals surface area contributed by atoms with E-state index in [1.165, 1.54) is 6.26 Å². The molecule has 1 amide bonds. The zero-order valence-corrected chi connectivity index (χ0v) is 18.0. The van der Waals surface area contributed by atoms with Crippen LogP contribution in [-0.2, 0) is 16.4 Å². The molecule has 8 heteroatoms. The summed E-state index contributed by atoms with van der Waals surface area (Å²) in [6, 6.07) is 13.1. The zero-order chi connectivity index (χ0) is 21.0. The molecule has 6 nitrogen and oxygen atoms in total. The minimum absolute atomic E-state index is 0.216. The number of benzene rings is 2. The molecule has 3 rings (SSSR count). The van der Waals surface area contributed by atoms with Gasteiger partial charge in [0.1, 0.15) is 12.4 Å². The smallest absolute Gasteiger partial charge is 0.251 e. The van der Waals surface area contributed by atoms with E-state index in [0.29, 0.717) is 17.9 Å². The van der Waals surface area contributed by atoms with Gasteiger partial charge in [0.25, 0.3) is 5.91 Å². The second-order valence-electron chi connectivity index (χ2n) is 6.71. The molecular formula is C21H22N2O4S2. The molecule has 1 unspecified atom stereocenters. The van der Waals surface area contributed by atoms with Gasteiger partial charge in [0.15, 0.2) is 9.84 Å². The minimum Gasteiger partial charge on any atom is -0.487 e. The van der Waals surface area contributed by atoms with Gasteiger partial charge in [-0.25, -0.2) is 13.4 Å². The average molecular weight is 431 g/mol. The molecule has 0 saturated heterocycles. The predicted octanol–water partition coefficient (Wildman–Crippen LogP) is 3.93. The lowest BCUT2D eigenvalue weighted by Gasteiger charge is -2.15. The quantitative estimate of drug-likeness (QED) is 0.614. The molecule has 0 radical (unpaired) electrons. The summed E-state index contributed by atoms with van der Waals surface area (Å²) in [4.78, 5) is 17.1. The third kappa shape index (κ3) is 5.65. The summed E-state index contributed by atoms with van der Waals surface area (Å²) in [7, 11) is -3.24. The molecule has 0 spiro atoms. The van der Waals surface area contributed by atoms with Crippen LogP contribution in [0.25, 0.3) is 0 Å². The topological polar surface area (TPSA) is 85.4 Å². The van der Waals surface area contributed by atoms with E-state index in [9.17, 15) is 13.2 Å². The number of aromatic nitrogens is 1. The largest absolute Gasteiger partial charge is 0.487 e. The Bertz CT molecular complexity index is 1090. The van der Waals surface area contributed by atoms with Crippen molar-refractivity contribution in [2.24, 2.45) is 0 Å². The van der Waals surface area contributed by atoms with Gasteiger partial charge in [-0.1, -0.05) is 12.1 Å². The molecule has 0 fully saturated rings. The van der Waals surface area contributed by atoms with Gasteiger partial charge in [-0.05, 0) is 55.8 Å². The summed E-state index contributed by atoms with van der Waals surface area (Å²) in [5.41, 5.74) is 2.22. The van der Waals surface area contributed by atoms with Crippen LogP contribution in [0.1, 0.15) is 39.6 Å². The van der Waals surface area contributed by atoms with E-state index in [1.54, 1.807) is 59.9 Å². The molecule has 2 aromatic carbocycles. The fraction of sp³-hybridized carbons (Fsp3) is 0.238. The number of nitrogens with zero attached hydrogens (tertiary/aromatic N) is 1. The summed E-state index contributed by atoms with van der Waals surface area (Å²) in [5, 5.41) is 5.87. The van der Waals surface area contributed by atoms with Gasteiger partial charge in [0.05, 0.1) is 21.6 Å². The van der Waals surface area contributed by atoms with Crippen molar-refractivity contribution in [1.29, 1.82) is 0 Å². The number of carbonyl (C=O) groups is 1. The van der Waals surface area contributed by atoms with E-state index in [-0.39, 0.29) is 16.8 Å². The highest BCUT2D eigenvalue weighted by molar-refractivity contribution is 7.90. The van der Waals surface area contributed by atoms with Crippen LogP contribution in [-0.4, -0.2) is 25.6 Å². The summed E-state index contributed by atoms with van der Waals surface area (Å²) < 4.78 is 28.8. The van der Waals surface area contributed by atoms with Gasteiger partial charge in [-0.2, -0.15) is 0 Å². The number of amides is 1. The van der Waals surface area contributed by atoms with Crippen LogP contribution in [0.5, 0.6) is 5.75 Å². The van der Waals surface area contributed by atoms with Gasteiger partial charge >= 0.3 is 0 Å². The Kier molecular flexibility index (Phi) is 6.34. The molecular weight excluding hydrogens is 408 g/mol. The number of hydrogen-bond donors (Lipinski definition) is 1. The van der Waals surface area contributed by atoms with Crippen molar-refractivity contribution in [1.82, 2.24) is 10.3 Å². The number of carbonyl (C=O) groups excluding carboxylic acids is 1. The molecule has 0 aliphatic carbocycles. The Hall–Kier alpha value is -2.71. The second kappa shape index (κ2) is 8.75. The maximum atomic E-state index is 12.5. The lowest BCUT2D eigenvalue weighted by Crippen LogP contribution is -2.26. The summed E-state index contributed by atoms with van der Waals surface area (Å²) in [6.45, 7) is 4.18. The van der Waals surface area contributed by atoms with Crippen LogP contribution in [0.3, 0.4) is 0 Å². The molecule has 0 bridgehead atoms. The fourth-order valence-electron chi connectivity index (χ4n) is 2.70. The lowest BCUT2D eigenvalue weighted by molar-refractivity contribution is 0.0940. The first-order valence-corrected chi connectivity index (χ1v) is 11.7. The van der Waals surface area contributed by atoms with Crippen LogP contribution >= 0.6 is 11.3 Å². The van der Waals surface area contributed by atoms with Crippen molar-refractivity contribution < 1.29 is 17.9 Å². The lowest BCUT2D eigenvalue weighted by atomic mass is 10.1. The van der Waals surface area contributed by atoms with E-state index in [1.807, 2.05) is 19.2 Å². The maximum absolute atomic E-state index is 12.5. The monoisotopic (exact) mass is 430 g/mol. The van der Waals surface area contributed by atoms with Crippen LogP contribution in [0.2, 0.25) is 0 Å². The van der Waals surface area contributed by atoms with E-state index < -0.39 is 9.84 Å². The van der Waals surface area contributed by atoms with Crippen LogP contribution in [0.4, 0.5) is 0 Å². The number of aryl methyl sites for hydroxylation is 1. The summed E-state index contributed by atoms with van der Waals surface area (Å²) in [5.74, 6) is 0.447. The normalized spacial score (nSPS) is 12.4. The highest BCUT2D eigenvalue weighted by Crippen LogP contribution is 2.18. The number of sulfone groups is 1. The SMILES string of the molecule is Cc1nc(COc2ccc(C(=O)NC(C)c3ccc(S(C)(=O)=O)cc3)cc2)cs1. The van der Waals surface area contributed by atoms with Crippen molar-refractivity contribution in [2.45, 2.75) is 31.4 Å². The zero-order valence-electron chi connectivity index (χ0n) is 16.4. The minimum atomic E-state index is -3.24. The molecule has 1 aromatic heterocycles. The highest BCUT2D eigenvalue weighted by atomic mass is 32.2. The Balaban J connectivity index is 1.58. The first kappa shape index (κ1) is 21.0. The van der Waals surface area contributed by atoms with Crippen molar-refractivity contribution in [3.8, 4) is 5.75 Å². The van der Waals surface area contributed by atoms with E-state index in [0.717, 1.165) is 16.3 Å². The maximum Gasteiger partial charge on any atom is 0.251 e. The predicted molar refractivity (Wildman–Crippen MR) is 113 cm³/mol. The van der Waals surface area contributed by atoms with Crippen molar-refractivity contribution >= 4 is 27.1 Å². The molecule has 1 atom stereocenters. The Morgan fingerprint density at radius 3 is 2.34 bits per heavy atom. The summed E-state index contributed by atoms with van der Waals surface area (Å²) >= 11 is 1.58. The number of thiazole rings is 1. The molecule has 152 valence electrons. The van der Waals surface area contributed by atoms with E-state index in [4.69, 9.17) is 4.74 Å². The van der Waals surface area contributed by atoms with Crippen molar-refractivity contribution in [2.75, 3.05) is 6.26 Å². The molecule has 1 N–H and O–H groups in total. The number of ether oxygens (including phenoxy) is 1. The molecule has 1 heterocycles. The number of hydrogen-bond acceptors (Lipinski definition) is 6. The molecule has 0 aliphatic rings. The first-order valence-electron chi connectivity index (χ1n) is 8.97. The standard InChI is InChI=1S/C21H22N2O4S2/c1-14(16-6-10-20(11-7-16)29(3,25)26)22-21(24)17-4-8-19(9-5-17)27-12-18-13-28-15(2)23-18/h4-11,13-14H,12H2,1-3H3,(H,22,24). The third-order valence-electron chi connectivity index (χ3n) is 4.33. The summed E-state index contributed by atoms with van der Waals surface area (Å²) in [6.07, 6.45) is 1.17. The van der Waals surface area contributed by atoms with Crippen molar-refractivity contribution in [3.05, 3.63) is 75.7 Å². The molecule has 0 aliphatic heterocycles. The number of nitrogens with one attached hydrogen (secondary N) is 1. The van der Waals surface area contributed by atoms with Gasteiger partial charge in [0.2, 0.25) is 0 Å². The molecule has 0 saturated carbocycles. The Labute approximate surface area is 174 Å². The van der Waals surface area contributed by atoms with E-state index in [2.05, 4.69) is 10.3 Å². The van der Waals surface area contributed by atoms with Crippen LogP contribution in [0, 0.1) is 6.92 Å². The van der Waals surface area contributed by atoms with Crippen molar-refractivity contribution in [3.63, 3.8) is 0 Å². The van der Waals surface area contributed by atoms with Gasteiger partial charge in [0, 0.05) is 17.2 Å². The third-order valence-corrected chi connectivity index (χ3v) is 6.28. The Morgan fingerprint density at radius 1 is 1.14 bits per heavy atom. The molecule has 3 aromatic rings.